The molecule has 0 unspecified atom stereocenters. The fourth-order valence-electron chi connectivity index (χ4n) is 1.23. The minimum absolute atomic E-state index is 0.0601. The van der Waals surface area contributed by atoms with Gasteiger partial charge in [-0.15, -0.1) is 0 Å². The number of hydrogen-bond acceptors (Lipinski definition) is 3. The third-order valence-electron chi connectivity index (χ3n) is 1.94. The first-order chi connectivity index (χ1) is 6.69. The van der Waals surface area contributed by atoms with Crippen LogP contribution >= 0.6 is 15.9 Å². The summed E-state index contributed by atoms with van der Waals surface area (Å²) in [5.41, 5.74) is 1.72. The number of aliphatic hydroxyl groups is 1. The van der Waals surface area contributed by atoms with Gasteiger partial charge in [0.15, 0.2) is 0 Å². The van der Waals surface area contributed by atoms with Crippen molar-refractivity contribution in [1.82, 2.24) is 4.98 Å². The zero-order chi connectivity index (χ0) is 10.6. The van der Waals surface area contributed by atoms with E-state index in [-0.39, 0.29) is 19.0 Å². The van der Waals surface area contributed by atoms with Gasteiger partial charge < -0.3 is 14.8 Å². The number of halogens is 1. The quantitative estimate of drug-likeness (QED) is 0.796. The largest absolute Gasteiger partial charge is 0.469 e. The van der Waals surface area contributed by atoms with Crippen molar-refractivity contribution in [3.05, 3.63) is 21.9 Å². The second-order valence-corrected chi connectivity index (χ2v) is 3.67. The van der Waals surface area contributed by atoms with Crippen LogP contribution in [0.1, 0.15) is 11.3 Å². The highest BCUT2D eigenvalue weighted by Crippen LogP contribution is 2.21. The van der Waals surface area contributed by atoms with Gasteiger partial charge in [0.2, 0.25) is 0 Å². The lowest BCUT2D eigenvalue weighted by molar-refractivity contribution is -0.139. The summed E-state index contributed by atoms with van der Waals surface area (Å²) in [7, 11) is 1.35. The SMILES string of the molecule is COC(=O)Cc1[nH]cc(Br)c1CCO. The summed E-state index contributed by atoms with van der Waals surface area (Å²) in [6.45, 7) is 0.0601. The number of H-pyrrole nitrogens is 1. The second-order valence-electron chi connectivity index (χ2n) is 2.82. The summed E-state index contributed by atoms with van der Waals surface area (Å²) in [6, 6.07) is 0. The van der Waals surface area contributed by atoms with Crippen LogP contribution in [-0.4, -0.2) is 29.8 Å². The molecule has 78 valence electrons. The number of ether oxygens (including phenoxy) is 1. The fraction of sp³-hybridized carbons (Fsp3) is 0.444. The van der Waals surface area contributed by atoms with Crippen LogP contribution in [0, 0.1) is 0 Å². The molecule has 1 rings (SSSR count). The Bertz CT molecular complexity index is 322. The molecule has 0 amide bonds. The van der Waals surface area contributed by atoms with Gasteiger partial charge in [-0.2, -0.15) is 0 Å². The molecule has 5 heteroatoms. The monoisotopic (exact) mass is 261 g/mol. The van der Waals surface area contributed by atoms with E-state index in [9.17, 15) is 4.79 Å². The van der Waals surface area contributed by atoms with Crippen LogP contribution in [0.25, 0.3) is 0 Å². The van der Waals surface area contributed by atoms with Gasteiger partial charge in [-0.3, -0.25) is 4.79 Å². The van der Waals surface area contributed by atoms with E-state index in [1.54, 1.807) is 6.20 Å². The number of hydrogen-bond donors (Lipinski definition) is 2. The van der Waals surface area contributed by atoms with Crippen molar-refractivity contribution in [3.63, 3.8) is 0 Å². The number of aliphatic hydroxyl groups excluding tert-OH is 1. The first-order valence-electron chi connectivity index (χ1n) is 4.21. The Balaban J connectivity index is 2.80. The number of methoxy groups -OCH3 is 1. The summed E-state index contributed by atoms with van der Waals surface area (Å²) in [6.07, 6.45) is 2.48. The van der Waals surface area contributed by atoms with Crippen LogP contribution in [0.2, 0.25) is 0 Å². The van der Waals surface area contributed by atoms with Gasteiger partial charge in [0.25, 0.3) is 0 Å². The molecule has 14 heavy (non-hydrogen) atoms. The molecule has 0 aliphatic carbocycles. The maximum Gasteiger partial charge on any atom is 0.311 e. The van der Waals surface area contributed by atoms with Crippen molar-refractivity contribution in [2.45, 2.75) is 12.8 Å². The molecule has 0 aliphatic heterocycles. The number of carbonyl (C=O) groups excluding carboxylic acids is 1. The highest BCUT2D eigenvalue weighted by Gasteiger charge is 2.12. The molecule has 0 bridgehead atoms. The van der Waals surface area contributed by atoms with Crippen molar-refractivity contribution in [1.29, 1.82) is 0 Å². The molecule has 0 saturated heterocycles. The van der Waals surface area contributed by atoms with Crippen molar-refractivity contribution in [2.75, 3.05) is 13.7 Å². The van der Waals surface area contributed by atoms with E-state index in [1.165, 1.54) is 7.11 Å². The number of aromatic nitrogens is 1. The molecule has 0 fully saturated rings. The van der Waals surface area contributed by atoms with Crippen LogP contribution in [0.5, 0.6) is 0 Å². The highest BCUT2D eigenvalue weighted by molar-refractivity contribution is 9.10. The minimum Gasteiger partial charge on any atom is -0.469 e. The molecular weight excluding hydrogens is 250 g/mol. The van der Waals surface area contributed by atoms with E-state index >= 15 is 0 Å². The van der Waals surface area contributed by atoms with Gasteiger partial charge in [-0.25, -0.2) is 0 Å². The van der Waals surface area contributed by atoms with Crippen molar-refractivity contribution < 1.29 is 14.6 Å². The summed E-state index contributed by atoms with van der Waals surface area (Å²) >= 11 is 3.34. The summed E-state index contributed by atoms with van der Waals surface area (Å²) in [5.74, 6) is -0.293. The average Bonchev–Trinajstić information content (AvgIpc) is 2.50. The van der Waals surface area contributed by atoms with E-state index < -0.39 is 0 Å². The smallest absolute Gasteiger partial charge is 0.311 e. The fourth-order valence-corrected chi connectivity index (χ4v) is 1.78. The molecule has 0 aromatic carbocycles. The van der Waals surface area contributed by atoms with Gasteiger partial charge in [0.1, 0.15) is 0 Å². The molecule has 0 atom stereocenters. The first kappa shape index (κ1) is 11.3. The zero-order valence-electron chi connectivity index (χ0n) is 7.84. The summed E-state index contributed by atoms with van der Waals surface area (Å²) in [5, 5.41) is 8.83. The molecule has 1 aromatic rings. The summed E-state index contributed by atoms with van der Waals surface area (Å²) < 4.78 is 5.44. The Morgan fingerprint density at radius 2 is 2.43 bits per heavy atom. The van der Waals surface area contributed by atoms with E-state index in [2.05, 4.69) is 25.7 Å². The van der Waals surface area contributed by atoms with Gasteiger partial charge in [-0.05, 0) is 27.9 Å². The first-order valence-corrected chi connectivity index (χ1v) is 5.00. The zero-order valence-corrected chi connectivity index (χ0v) is 9.43. The molecule has 4 nitrogen and oxygen atoms in total. The third kappa shape index (κ3) is 2.59. The number of rotatable bonds is 4. The Kier molecular flexibility index (Phi) is 4.16. The lowest BCUT2D eigenvalue weighted by Gasteiger charge is -2.02. The van der Waals surface area contributed by atoms with Crippen LogP contribution in [0.15, 0.2) is 10.7 Å². The van der Waals surface area contributed by atoms with Crippen LogP contribution in [0.3, 0.4) is 0 Å². The van der Waals surface area contributed by atoms with E-state index in [1.807, 2.05) is 0 Å². The number of carbonyl (C=O) groups is 1. The maximum absolute atomic E-state index is 11.0. The molecule has 0 aliphatic rings. The Morgan fingerprint density at radius 3 is 3.00 bits per heavy atom. The van der Waals surface area contributed by atoms with Gasteiger partial charge in [0.05, 0.1) is 13.5 Å². The number of esters is 1. The van der Waals surface area contributed by atoms with Crippen molar-refractivity contribution >= 4 is 21.9 Å². The Hall–Kier alpha value is -0.810. The van der Waals surface area contributed by atoms with E-state index in [0.717, 1.165) is 15.7 Å². The highest BCUT2D eigenvalue weighted by atomic mass is 79.9. The lowest BCUT2D eigenvalue weighted by Crippen LogP contribution is -2.07. The molecule has 2 N–H and O–H groups in total. The van der Waals surface area contributed by atoms with Crippen LogP contribution < -0.4 is 0 Å². The second kappa shape index (κ2) is 5.17. The molecule has 0 saturated carbocycles. The van der Waals surface area contributed by atoms with Crippen molar-refractivity contribution in [2.24, 2.45) is 0 Å². The normalized spacial score (nSPS) is 10.2. The van der Waals surface area contributed by atoms with Gasteiger partial charge in [-0.1, -0.05) is 0 Å². The van der Waals surface area contributed by atoms with E-state index in [4.69, 9.17) is 5.11 Å². The van der Waals surface area contributed by atoms with E-state index in [0.29, 0.717) is 6.42 Å². The molecule has 0 radical (unpaired) electrons. The molecule has 1 heterocycles. The molecule has 0 spiro atoms. The predicted octanol–water partition coefficient (Wildman–Crippen LogP) is 1.03. The third-order valence-corrected chi connectivity index (χ3v) is 2.64. The van der Waals surface area contributed by atoms with Crippen molar-refractivity contribution in [3.8, 4) is 0 Å². The predicted molar refractivity (Wildman–Crippen MR) is 55.0 cm³/mol. The molecule has 1 aromatic heterocycles. The lowest BCUT2D eigenvalue weighted by atomic mass is 10.1. The topological polar surface area (TPSA) is 62.3 Å². The van der Waals surface area contributed by atoms with Crippen LogP contribution in [0.4, 0.5) is 0 Å². The molecular formula is C9H12BrNO3. The Labute approximate surface area is 90.4 Å². The van der Waals surface area contributed by atoms with Gasteiger partial charge in [0, 0.05) is 23.0 Å². The van der Waals surface area contributed by atoms with Gasteiger partial charge >= 0.3 is 5.97 Å². The average molecular weight is 262 g/mol. The summed E-state index contributed by atoms with van der Waals surface area (Å²) in [4.78, 5) is 14.0. The number of nitrogens with one attached hydrogen (secondary N) is 1. The maximum atomic E-state index is 11.0. The minimum atomic E-state index is -0.293. The Morgan fingerprint density at radius 1 is 1.71 bits per heavy atom. The number of aromatic amines is 1. The van der Waals surface area contributed by atoms with Crippen LogP contribution in [-0.2, 0) is 22.4 Å². The standard InChI is InChI=1S/C9H12BrNO3/c1-14-9(13)4-8-6(2-3-12)7(10)5-11-8/h5,11-12H,2-4H2,1H3.